The molecule has 0 atom stereocenters. The van der Waals surface area contributed by atoms with Crippen molar-refractivity contribution in [3.05, 3.63) is 78.0 Å². The van der Waals surface area contributed by atoms with E-state index >= 15 is 0 Å². The highest BCUT2D eigenvalue weighted by molar-refractivity contribution is 5.95. The van der Waals surface area contributed by atoms with Crippen molar-refractivity contribution in [1.29, 1.82) is 0 Å². The van der Waals surface area contributed by atoms with Crippen molar-refractivity contribution >= 4 is 16.9 Å². The van der Waals surface area contributed by atoms with Crippen LogP contribution >= 0.6 is 0 Å². The zero-order valence-electron chi connectivity index (χ0n) is 14.7. The topological polar surface area (TPSA) is 49.0 Å². The van der Waals surface area contributed by atoms with Gasteiger partial charge in [0.1, 0.15) is 11.4 Å². The number of hydrogen-bond donors (Lipinski definition) is 0. The number of rotatable bonds is 4. The van der Waals surface area contributed by atoms with Gasteiger partial charge in [-0.2, -0.15) is 5.10 Å². The van der Waals surface area contributed by atoms with Gasteiger partial charge in [0.15, 0.2) is 0 Å². The molecule has 0 aliphatic carbocycles. The van der Waals surface area contributed by atoms with E-state index in [9.17, 15) is 4.79 Å². The molecule has 2 aromatic carbocycles. The molecule has 26 heavy (non-hydrogen) atoms. The van der Waals surface area contributed by atoms with Crippen LogP contribution in [-0.4, -0.2) is 27.4 Å². The van der Waals surface area contributed by atoms with Gasteiger partial charge in [-0.1, -0.05) is 48.5 Å². The summed E-state index contributed by atoms with van der Waals surface area (Å²) in [6.45, 7) is 0.690. The zero-order chi connectivity index (χ0) is 18.1. The van der Waals surface area contributed by atoms with Crippen LogP contribution in [0.25, 0.3) is 22.3 Å². The molecule has 2 heterocycles. The SMILES string of the molecule is COC(=O)c1ccc(-c2nn(Cc3ccccc3)c3ccccc23)n1C. The smallest absolute Gasteiger partial charge is 0.354 e. The van der Waals surface area contributed by atoms with E-state index in [1.807, 2.05) is 52.7 Å². The van der Waals surface area contributed by atoms with E-state index < -0.39 is 0 Å². The van der Waals surface area contributed by atoms with Gasteiger partial charge >= 0.3 is 5.97 Å². The summed E-state index contributed by atoms with van der Waals surface area (Å²) < 4.78 is 8.68. The van der Waals surface area contributed by atoms with Gasteiger partial charge < -0.3 is 9.30 Å². The average molecular weight is 345 g/mol. The second kappa shape index (κ2) is 6.52. The average Bonchev–Trinajstić information content (AvgIpc) is 3.23. The molecule has 2 aromatic heterocycles. The summed E-state index contributed by atoms with van der Waals surface area (Å²) in [5, 5.41) is 5.91. The van der Waals surface area contributed by atoms with Gasteiger partial charge in [0.05, 0.1) is 24.9 Å². The molecule has 0 aliphatic rings. The largest absolute Gasteiger partial charge is 0.464 e. The summed E-state index contributed by atoms with van der Waals surface area (Å²) >= 11 is 0. The molecule has 0 bridgehead atoms. The van der Waals surface area contributed by atoms with Crippen LogP contribution in [0, 0.1) is 0 Å². The molecule has 0 N–H and O–H groups in total. The number of ether oxygens (including phenoxy) is 1. The highest BCUT2D eigenvalue weighted by atomic mass is 16.5. The monoisotopic (exact) mass is 345 g/mol. The fraction of sp³-hybridized carbons (Fsp3) is 0.143. The first kappa shape index (κ1) is 16.1. The molecular weight excluding hydrogens is 326 g/mol. The van der Waals surface area contributed by atoms with Crippen LogP contribution in [0.1, 0.15) is 16.1 Å². The quantitative estimate of drug-likeness (QED) is 0.528. The first-order valence-corrected chi connectivity index (χ1v) is 8.43. The number of fused-ring (bicyclic) bond motifs is 1. The Hall–Kier alpha value is -3.34. The Morgan fingerprint density at radius 2 is 1.73 bits per heavy atom. The van der Waals surface area contributed by atoms with Gasteiger partial charge in [-0.25, -0.2) is 4.79 Å². The van der Waals surface area contributed by atoms with E-state index in [2.05, 4.69) is 24.3 Å². The maximum atomic E-state index is 11.9. The molecule has 0 amide bonds. The minimum Gasteiger partial charge on any atom is -0.464 e. The van der Waals surface area contributed by atoms with Crippen LogP contribution in [-0.2, 0) is 18.3 Å². The van der Waals surface area contributed by atoms with Gasteiger partial charge in [-0.15, -0.1) is 0 Å². The molecule has 4 aromatic rings. The number of benzene rings is 2. The van der Waals surface area contributed by atoms with Crippen molar-refractivity contribution in [3.63, 3.8) is 0 Å². The fourth-order valence-corrected chi connectivity index (χ4v) is 3.25. The molecule has 5 nitrogen and oxygen atoms in total. The Morgan fingerprint density at radius 1 is 1.00 bits per heavy atom. The molecule has 0 saturated carbocycles. The highest BCUT2D eigenvalue weighted by Gasteiger charge is 2.18. The molecule has 0 aliphatic heterocycles. The maximum absolute atomic E-state index is 11.9. The van der Waals surface area contributed by atoms with Gasteiger partial charge in [0.25, 0.3) is 0 Å². The van der Waals surface area contributed by atoms with Crippen molar-refractivity contribution < 1.29 is 9.53 Å². The minimum absolute atomic E-state index is 0.355. The van der Waals surface area contributed by atoms with Crippen LogP contribution in [0.3, 0.4) is 0 Å². The normalized spacial score (nSPS) is 11.0. The molecule has 0 radical (unpaired) electrons. The third-order valence-electron chi connectivity index (χ3n) is 4.59. The number of hydrogen-bond acceptors (Lipinski definition) is 3. The highest BCUT2D eigenvalue weighted by Crippen LogP contribution is 2.29. The van der Waals surface area contributed by atoms with Gasteiger partial charge in [-0.05, 0) is 23.8 Å². The van der Waals surface area contributed by atoms with Gasteiger partial charge in [-0.3, -0.25) is 4.68 Å². The van der Waals surface area contributed by atoms with Crippen LogP contribution in [0.5, 0.6) is 0 Å². The Bertz CT molecular complexity index is 1080. The first-order chi connectivity index (χ1) is 12.7. The minimum atomic E-state index is -0.355. The maximum Gasteiger partial charge on any atom is 0.354 e. The number of nitrogens with zero attached hydrogens (tertiary/aromatic N) is 3. The van der Waals surface area contributed by atoms with E-state index in [1.54, 1.807) is 6.07 Å². The van der Waals surface area contributed by atoms with Crippen LogP contribution < -0.4 is 0 Å². The van der Waals surface area contributed by atoms with Crippen molar-refractivity contribution in [2.24, 2.45) is 7.05 Å². The van der Waals surface area contributed by atoms with Crippen molar-refractivity contribution in [3.8, 4) is 11.4 Å². The Balaban J connectivity index is 1.84. The Kier molecular flexibility index (Phi) is 4.05. The lowest BCUT2D eigenvalue weighted by Gasteiger charge is -2.05. The molecule has 0 spiro atoms. The lowest BCUT2D eigenvalue weighted by Crippen LogP contribution is -2.08. The Morgan fingerprint density at radius 3 is 2.50 bits per heavy atom. The lowest BCUT2D eigenvalue weighted by atomic mass is 10.1. The third kappa shape index (κ3) is 2.67. The number of methoxy groups -OCH3 is 1. The number of carbonyl (C=O) groups is 1. The summed E-state index contributed by atoms with van der Waals surface area (Å²) in [4.78, 5) is 11.9. The second-order valence-corrected chi connectivity index (χ2v) is 6.16. The molecule has 4 rings (SSSR count). The van der Waals surface area contributed by atoms with Crippen molar-refractivity contribution in [2.75, 3.05) is 7.11 Å². The van der Waals surface area contributed by atoms with Crippen LogP contribution in [0.4, 0.5) is 0 Å². The summed E-state index contributed by atoms with van der Waals surface area (Å²) in [6, 6.07) is 22.1. The van der Waals surface area contributed by atoms with Crippen molar-refractivity contribution in [2.45, 2.75) is 6.54 Å². The first-order valence-electron chi connectivity index (χ1n) is 8.43. The number of carbonyl (C=O) groups excluding carboxylic acids is 1. The molecule has 0 saturated heterocycles. The fourth-order valence-electron chi connectivity index (χ4n) is 3.25. The standard InChI is InChI=1S/C21H19N3O2/c1-23-18(12-13-19(23)21(25)26-2)20-16-10-6-7-11-17(16)24(22-20)14-15-8-4-3-5-9-15/h3-13H,14H2,1-2H3. The summed E-state index contributed by atoms with van der Waals surface area (Å²) in [5.74, 6) is -0.355. The van der Waals surface area contributed by atoms with Crippen molar-refractivity contribution in [1.82, 2.24) is 14.3 Å². The van der Waals surface area contributed by atoms with E-state index in [4.69, 9.17) is 9.84 Å². The summed E-state index contributed by atoms with van der Waals surface area (Å²) in [7, 11) is 3.24. The van der Waals surface area contributed by atoms with E-state index in [0.717, 1.165) is 22.3 Å². The summed E-state index contributed by atoms with van der Waals surface area (Å²) in [6.07, 6.45) is 0. The summed E-state index contributed by atoms with van der Waals surface area (Å²) in [5.41, 5.74) is 4.49. The van der Waals surface area contributed by atoms with Gasteiger partial charge in [0, 0.05) is 12.4 Å². The third-order valence-corrected chi connectivity index (χ3v) is 4.59. The predicted octanol–water partition coefficient (Wildman–Crippen LogP) is 3.88. The predicted molar refractivity (Wildman–Crippen MR) is 101 cm³/mol. The number of aromatic nitrogens is 3. The number of esters is 1. The molecule has 0 unspecified atom stereocenters. The van der Waals surface area contributed by atoms with E-state index in [1.165, 1.54) is 12.7 Å². The van der Waals surface area contributed by atoms with Crippen LogP contribution in [0.15, 0.2) is 66.7 Å². The van der Waals surface area contributed by atoms with E-state index in [0.29, 0.717) is 12.2 Å². The Labute approximate surface area is 151 Å². The second-order valence-electron chi connectivity index (χ2n) is 6.16. The lowest BCUT2D eigenvalue weighted by molar-refractivity contribution is 0.0590. The molecule has 5 heteroatoms. The van der Waals surface area contributed by atoms with Crippen LogP contribution in [0.2, 0.25) is 0 Å². The molecular formula is C21H19N3O2. The molecule has 130 valence electrons. The van der Waals surface area contributed by atoms with Gasteiger partial charge in [0.2, 0.25) is 0 Å². The van der Waals surface area contributed by atoms with E-state index in [-0.39, 0.29) is 5.97 Å². The number of para-hydroxylation sites is 1. The zero-order valence-corrected chi connectivity index (χ0v) is 14.7. The molecule has 0 fully saturated rings.